The van der Waals surface area contributed by atoms with Gasteiger partial charge in [0.1, 0.15) is 47.7 Å². The van der Waals surface area contributed by atoms with E-state index in [1.165, 1.54) is 48.5 Å². The first-order valence-corrected chi connectivity index (χ1v) is 12.4. The molecule has 216 valence electrons. The van der Waals surface area contributed by atoms with Crippen molar-refractivity contribution in [2.45, 2.75) is 26.2 Å². The first kappa shape index (κ1) is 29.6. The summed E-state index contributed by atoms with van der Waals surface area (Å²) in [6.45, 7) is 0.321. The molecular weight excluding hydrogens is 550 g/mol. The molecule has 0 radical (unpaired) electrons. The Morgan fingerprint density at radius 2 is 0.659 bits per heavy atom. The van der Waals surface area contributed by atoms with E-state index < -0.39 is 31.0 Å². The largest absolute Gasteiger partial charge is 0.492 e. The van der Waals surface area contributed by atoms with Crippen LogP contribution in [0.2, 0.25) is 0 Å². The van der Waals surface area contributed by atoms with E-state index >= 15 is 0 Å². The summed E-state index contributed by atoms with van der Waals surface area (Å²) in [7, 11) is 0. The highest BCUT2D eigenvalue weighted by Gasteiger charge is 2.72. The normalized spacial score (nSPS) is 12.1. The SMILES string of the molecule is Cc1ccc(Oc2ccc(OCC(COc3ccc(Oc4ccc(C)cc4)cc3)(C(F)(F)F)C(F)(F)F)cc2)cc1. The molecule has 0 saturated carbocycles. The summed E-state index contributed by atoms with van der Waals surface area (Å²) < 4.78 is 105. The van der Waals surface area contributed by atoms with Crippen LogP contribution in [0.25, 0.3) is 0 Å². The number of halogens is 6. The number of benzene rings is 4. The Hall–Kier alpha value is -4.34. The number of aryl methyl sites for hydroxylation is 2. The minimum absolute atomic E-state index is 0.197. The molecule has 0 heterocycles. The molecule has 0 saturated heterocycles. The fourth-order valence-corrected chi connectivity index (χ4v) is 3.64. The topological polar surface area (TPSA) is 36.9 Å². The maximum Gasteiger partial charge on any atom is 0.409 e. The van der Waals surface area contributed by atoms with Crippen LogP contribution in [0.5, 0.6) is 34.5 Å². The molecule has 0 unspecified atom stereocenters. The lowest BCUT2D eigenvalue weighted by atomic mass is 9.88. The van der Waals surface area contributed by atoms with Crippen LogP contribution in [0.4, 0.5) is 26.3 Å². The highest BCUT2D eigenvalue weighted by atomic mass is 19.4. The number of hydrogen-bond acceptors (Lipinski definition) is 4. The summed E-state index contributed by atoms with van der Waals surface area (Å²) >= 11 is 0. The van der Waals surface area contributed by atoms with E-state index in [1.807, 2.05) is 38.1 Å². The molecule has 0 aliphatic carbocycles. The average molecular weight is 577 g/mol. The van der Waals surface area contributed by atoms with Crippen LogP contribution in [0.3, 0.4) is 0 Å². The van der Waals surface area contributed by atoms with Gasteiger partial charge in [0, 0.05) is 0 Å². The van der Waals surface area contributed by atoms with Gasteiger partial charge in [-0.25, -0.2) is 0 Å². The first-order valence-electron chi connectivity index (χ1n) is 12.4. The lowest BCUT2D eigenvalue weighted by Crippen LogP contribution is -2.57. The van der Waals surface area contributed by atoms with Crippen molar-refractivity contribution in [2.24, 2.45) is 5.41 Å². The van der Waals surface area contributed by atoms with E-state index in [2.05, 4.69) is 0 Å². The molecule has 10 heteroatoms. The molecule has 0 amide bonds. The van der Waals surface area contributed by atoms with Crippen molar-refractivity contribution < 1.29 is 45.3 Å². The van der Waals surface area contributed by atoms with E-state index in [4.69, 9.17) is 18.9 Å². The van der Waals surface area contributed by atoms with E-state index in [1.54, 1.807) is 24.3 Å². The van der Waals surface area contributed by atoms with E-state index in [0.29, 0.717) is 23.0 Å². The molecule has 0 aliphatic heterocycles. The van der Waals surface area contributed by atoms with Crippen LogP contribution in [0.1, 0.15) is 11.1 Å². The van der Waals surface area contributed by atoms with Crippen LogP contribution in [0, 0.1) is 19.3 Å². The highest BCUT2D eigenvalue weighted by Crippen LogP contribution is 2.51. The van der Waals surface area contributed by atoms with Gasteiger partial charge in [0.05, 0.1) is 0 Å². The summed E-state index contributed by atoms with van der Waals surface area (Å²) in [6, 6.07) is 24.7. The molecule has 0 atom stereocenters. The Bertz CT molecular complexity index is 1290. The van der Waals surface area contributed by atoms with Gasteiger partial charge in [0.2, 0.25) is 5.41 Å². The van der Waals surface area contributed by atoms with E-state index in [0.717, 1.165) is 11.1 Å². The summed E-state index contributed by atoms with van der Waals surface area (Å²) in [5, 5.41) is 0. The Labute approximate surface area is 233 Å². The number of ether oxygens (including phenoxy) is 4. The molecule has 4 rings (SSSR count). The van der Waals surface area contributed by atoms with Crippen LogP contribution in [-0.4, -0.2) is 25.6 Å². The van der Waals surface area contributed by atoms with Gasteiger partial charge in [-0.15, -0.1) is 0 Å². The second kappa shape index (κ2) is 12.0. The average Bonchev–Trinajstić information content (AvgIpc) is 2.91. The minimum Gasteiger partial charge on any atom is -0.492 e. The fourth-order valence-electron chi connectivity index (χ4n) is 3.64. The van der Waals surface area contributed by atoms with Crippen LogP contribution in [0.15, 0.2) is 97.1 Å². The second-order valence-corrected chi connectivity index (χ2v) is 9.43. The summed E-state index contributed by atoms with van der Waals surface area (Å²) in [5.41, 5.74) is -2.26. The molecule has 0 fully saturated rings. The van der Waals surface area contributed by atoms with Crippen molar-refractivity contribution in [2.75, 3.05) is 13.2 Å². The number of hydrogen-bond donors (Lipinski definition) is 0. The van der Waals surface area contributed by atoms with Gasteiger partial charge in [-0.2, -0.15) is 26.3 Å². The predicted octanol–water partition coefficient (Wildman–Crippen LogP) is 9.46. The van der Waals surface area contributed by atoms with E-state index in [9.17, 15) is 26.3 Å². The number of rotatable bonds is 10. The molecule has 0 spiro atoms. The van der Waals surface area contributed by atoms with E-state index in [-0.39, 0.29) is 11.5 Å². The highest BCUT2D eigenvalue weighted by molar-refractivity contribution is 5.37. The van der Waals surface area contributed by atoms with Crippen molar-refractivity contribution in [1.82, 2.24) is 0 Å². The van der Waals surface area contributed by atoms with Gasteiger partial charge >= 0.3 is 12.4 Å². The Morgan fingerprint density at radius 3 is 0.927 bits per heavy atom. The molecule has 41 heavy (non-hydrogen) atoms. The van der Waals surface area contributed by atoms with Crippen molar-refractivity contribution in [3.63, 3.8) is 0 Å². The minimum atomic E-state index is -5.73. The summed E-state index contributed by atoms with van der Waals surface area (Å²) in [5.74, 6) is 1.30. The molecule has 0 N–H and O–H groups in total. The molecule has 0 aromatic heterocycles. The van der Waals surface area contributed by atoms with Crippen LogP contribution < -0.4 is 18.9 Å². The smallest absolute Gasteiger partial charge is 0.409 e. The Kier molecular flexibility index (Phi) is 8.70. The molecular formula is C31H26F6O4. The Morgan fingerprint density at radius 1 is 0.415 bits per heavy atom. The second-order valence-electron chi connectivity index (χ2n) is 9.43. The third kappa shape index (κ3) is 7.45. The number of alkyl halides is 6. The van der Waals surface area contributed by atoms with Crippen molar-refractivity contribution >= 4 is 0 Å². The van der Waals surface area contributed by atoms with Gasteiger partial charge in [-0.3, -0.25) is 0 Å². The van der Waals surface area contributed by atoms with Gasteiger partial charge in [-0.1, -0.05) is 35.4 Å². The monoisotopic (exact) mass is 576 g/mol. The van der Waals surface area contributed by atoms with Crippen molar-refractivity contribution in [3.8, 4) is 34.5 Å². The molecule has 0 aliphatic rings. The predicted molar refractivity (Wildman–Crippen MR) is 141 cm³/mol. The standard InChI is InChI=1S/C31H26F6O4/c1-21-3-7-25(8-4-21)40-27-15-11-23(12-16-27)38-19-29(30(32,33)34,31(35,36)37)20-39-24-13-17-28(18-14-24)41-26-9-5-22(2)6-10-26/h3-18H,19-20H2,1-2H3. The third-order valence-corrected chi connectivity index (χ3v) is 6.22. The maximum atomic E-state index is 14.0. The quantitative estimate of drug-likeness (QED) is 0.176. The van der Waals surface area contributed by atoms with Crippen LogP contribution >= 0.6 is 0 Å². The summed E-state index contributed by atoms with van der Waals surface area (Å²) in [6.07, 6.45) is -11.5. The van der Waals surface area contributed by atoms with Crippen LogP contribution in [-0.2, 0) is 0 Å². The Balaban J connectivity index is 1.44. The molecule has 4 aromatic rings. The van der Waals surface area contributed by atoms with Crippen molar-refractivity contribution in [3.05, 3.63) is 108 Å². The molecule has 4 aromatic carbocycles. The third-order valence-electron chi connectivity index (χ3n) is 6.22. The zero-order valence-corrected chi connectivity index (χ0v) is 22.1. The molecule has 4 nitrogen and oxygen atoms in total. The van der Waals surface area contributed by atoms with Crippen molar-refractivity contribution in [1.29, 1.82) is 0 Å². The van der Waals surface area contributed by atoms with Gasteiger partial charge in [0.15, 0.2) is 0 Å². The fraction of sp³-hybridized carbons (Fsp3) is 0.226. The van der Waals surface area contributed by atoms with Gasteiger partial charge < -0.3 is 18.9 Å². The lowest BCUT2D eigenvalue weighted by molar-refractivity contribution is -0.353. The molecule has 0 bridgehead atoms. The first-order chi connectivity index (χ1) is 19.3. The zero-order valence-electron chi connectivity index (χ0n) is 22.1. The maximum absolute atomic E-state index is 14.0. The summed E-state index contributed by atoms with van der Waals surface area (Å²) in [4.78, 5) is 0. The van der Waals surface area contributed by atoms with Gasteiger partial charge in [0.25, 0.3) is 0 Å². The lowest BCUT2D eigenvalue weighted by Gasteiger charge is -2.36. The zero-order chi connectivity index (χ0) is 29.7. The van der Waals surface area contributed by atoms with Gasteiger partial charge in [-0.05, 0) is 86.6 Å².